The fourth-order valence-electron chi connectivity index (χ4n) is 2.18. The molecule has 0 amide bonds. The molecule has 0 atom stereocenters. The molecule has 4 nitrogen and oxygen atoms in total. The van der Waals surface area contributed by atoms with Crippen molar-refractivity contribution in [3.63, 3.8) is 0 Å². The van der Waals surface area contributed by atoms with E-state index < -0.39 is 9.84 Å². The maximum atomic E-state index is 12.2. The third kappa shape index (κ3) is 4.06. The first-order chi connectivity index (χ1) is 8.97. The maximum Gasteiger partial charge on any atom is 0.179 e. The Bertz CT molecular complexity index is 508. The van der Waals surface area contributed by atoms with Crippen LogP contribution in [0, 0.1) is 0 Å². The normalized spacial score (nSPS) is 18.6. The molecule has 19 heavy (non-hydrogen) atoms. The highest BCUT2D eigenvalue weighted by atomic mass is 32.2. The summed E-state index contributed by atoms with van der Waals surface area (Å²) in [6.07, 6.45) is 0. The van der Waals surface area contributed by atoms with Crippen molar-refractivity contribution in [1.29, 1.82) is 0 Å². The van der Waals surface area contributed by atoms with Crippen molar-refractivity contribution in [3.8, 4) is 0 Å². The number of likely N-dealkylation sites (N-methyl/N-ethyl adjacent to an activating group) is 1. The van der Waals surface area contributed by atoms with Gasteiger partial charge in [-0.15, -0.1) is 0 Å². The third-order valence-electron chi connectivity index (χ3n) is 3.65. The Kier molecular flexibility index (Phi) is 4.65. The van der Waals surface area contributed by atoms with E-state index in [0.29, 0.717) is 11.4 Å². The van der Waals surface area contributed by atoms with Crippen molar-refractivity contribution in [2.24, 2.45) is 0 Å². The van der Waals surface area contributed by atoms with Crippen molar-refractivity contribution in [1.82, 2.24) is 9.80 Å². The lowest BCUT2D eigenvalue weighted by molar-refractivity contribution is 0.161. The summed E-state index contributed by atoms with van der Waals surface area (Å²) < 4.78 is 24.4. The number of hydrogen-bond donors (Lipinski definition) is 0. The Morgan fingerprint density at radius 3 is 2.26 bits per heavy atom. The van der Waals surface area contributed by atoms with Crippen LogP contribution >= 0.6 is 0 Å². The van der Waals surface area contributed by atoms with E-state index in [0.717, 1.165) is 31.6 Å². The fraction of sp³-hybridized carbons (Fsp3) is 0.538. The molecule has 0 unspecified atom stereocenters. The van der Waals surface area contributed by atoms with E-state index in [1.807, 2.05) is 20.0 Å². The van der Waals surface area contributed by atoms with Crippen LogP contribution in [0.3, 0.4) is 0 Å². The predicted molar refractivity (Wildman–Crippen MR) is 80.6 cm³/mol. The molecule has 1 heterocycles. The van der Waals surface area contributed by atoms with E-state index in [2.05, 4.69) is 16.8 Å². The van der Waals surface area contributed by atoms with Gasteiger partial charge >= 0.3 is 0 Å². The molecule has 0 N–H and O–H groups in total. The first-order valence-corrected chi connectivity index (χ1v) is 8.33. The molecule has 1 aromatic rings. The number of nitrogens with zero attached hydrogens (tertiary/aromatic N) is 2. The summed E-state index contributed by atoms with van der Waals surface area (Å²) in [5, 5.41) is 0. The molecule has 1 saturated heterocycles. The zero-order valence-electron chi connectivity index (χ0n) is 11.7. The molecule has 0 aromatic heterocycles. The second kappa shape index (κ2) is 6.07. The van der Waals surface area contributed by atoms with Gasteiger partial charge in [0.15, 0.2) is 9.84 Å². The van der Waals surface area contributed by atoms with Gasteiger partial charge < -0.3 is 4.90 Å². The molecular formula is C13H21BN2O2S. The number of hydrogen-bond acceptors (Lipinski definition) is 4. The largest absolute Gasteiger partial charge is 0.304 e. The maximum absolute atomic E-state index is 12.2. The topological polar surface area (TPSA) is 40.6 Å². The van der Waals surface area contributed by atoms with Gasteiger partial charge in [0.2, 0.25) is 0 Å². The predicted octanol–water partition coefficient (Wildman–Crippen LogP) is -1.03. The molecule has 1 aliphatic heterocycles. The van der Waals surface area contributed by atoms with Crippen LogP contribution in [-0.4, -0.2) is 71.6 Å². The summed E-state index contributed by atoms with van der Waals surface area (Å²) in [5.74, 6) is 0.208. The van der Waals surface area contributed by atoms with E-state index in [-0.39, 0.29) is 5.75 Å². The van der Waals surface area contributed by atoms with Gasteiger partial charge in [-0.2, -0.15) is 0 Å². The molecule has 0 bridgehead atoms. The minimum absolute atomic E-state index is 0.208. The van der Waals surface area contributed by atoms with E-state index >= 15 is 0 Å². The highest BCUT2D eigenvalue weighted by Gasteiger charge is 2.18. The zero-order valence-corrected chi connectivity index (χ0v) is 12.5. The Morgan fingerprint density at radius 1 is 1.11 bits per heavy atom. The van der Waals surface area contributed by atoms with Gasteiger partial charge in [0, 0.05) is 32.7 Å². The SMILES string of the molecule is Bc1ccc(S(=O)(=O)CCN2CCN(C)CC2)cc1. The summed E-state index contributed by atoms with van der Waals surface area (Å²) in [4.78, 5) is 4.93. The van der Waals surface area contributed by atoms with Crippen LogP contribution in [0.2, 0.25) is 0 Å². The van der Waals surface area contributed by atoms with Crippen LogP contribution in [0.1, 0.15) is 0 Å². The van der Waals surface area contributed by atoms with Crippen LogP contribution < -0.4 is 5.46 Å². The van der Waals surface area contributed by atoms with E-state index in [1.165, 1.54) is 0 Å². The smallest absolute Gasteiger partial charge is 0.179 e. The molecule has 6 heteroatoms. The van der Waals surface area contributed by atoms with Crippen molar-refractivity contribution >= 4 is 23.1 Å². The fourth-order valence-corrected chi connectivity index (χ4v) is 3.47. The van der Waals surface area contributed by atoms with Gasteiger partial charge in [0.1, 0.15) is 7.85 Å². The molecule has 0 saturated carbocycles. The minimum Gasteiger partial charge on any atom is -0.304 e. The van der Waals surface area contributed by atoms with Crippen LogP contribution in [0.25, 0.3) is 0 Å². The van der Waals surface area contributed by atoms with Gasteiger partial charge in [0.05, 0.1) is 10.6 Å². The van der Waals surface area contributed by atoms with Gasteiger partial charge in [-0.05, 0) is 19.2 Å². The minimum atomic E-state index is -3.15. The molecule has 104 valence electrons. The second-order valence-electron chi connectivity index (χ2n) is 5.28. The van der Waals surface area contributed by atoms with Crippen LogP contribution in [0.4, 0.5) is 0 Å². The average molecular weight is 280 g/mol. The number of benzene rings is 1. The van der Waals surface area contributed by atoms with Crippen molar-refractivity contribution < 1.29 is 8.42 Å². The summed E-state index contributed by atoms with van der Waals surface area (Å²) in [7, 11) is 0.911. The molecule has 0 radical (unpaired) electrons. The first-order valence-electron chi connectivity index (χ1n) is 6.68. The number of piperazine rings is 1. The van der Waals surface area contributed by atoms with Crippen molar-refractivity contribution in [2.75, 3.05) is 45.5 Å². The van der Waals surface area contributed by atoms with Crippen LogP contribution in [0.15, 0.2) is 29.2 Å². The van der Waals surface area contributed by atoms with Gasteiger partial charge in [-0.25, -0.2) is 8.42 Å². The van der Waals surface area contributed by atoms with Crippen LogP contribution in [0.5, 0.6) is 0 Å². The molecule has 1 aliphatic rings. The quantitative estimate of drug-likeness (QED) is 0.661. The number of sulfone groups is 1. The van der Waals surface area contributed by atoms with Gasteiger partial charge in [0.25, 0.3) is 0 Å². The van der Waals surface area contributed by atoms with E-state index in [9.17, 15) is 8.42 Å². The molecule has 1 fully saturated rings. The van der Waals surface area contributed by atoms with Gasteiger partial charge in [-0.3, -0.25) is 4.90 Å². The van der Waals surface area contributed by atoms with Crippen LogP contribution in [-0.2, 0) is 9.84 Å². The Hall–Kier alpha value is -0.845. The first kappa shape index (κ1) is 14.6. The zero-order chi connectivity index (χ0) is 13.9. The van der Waals surface area contributed by atoms with Gasteiger partial charge in [-0.1, -0.05) is 17.6 Å². The molecule has 2 rings (SSSR count). The molecule has 1 aromatic carbocycles. The molecule has 0 aliphatic carbocycles. The lowest BCUT2D eigenvalue weighted by atomic mass is 9.97. The van der Waals surface area contributed by atoms with E-state index in [4.69, 9.17) is 0 Å². The summed E-state index contributed by atoms with van der Waals surface area (Å²) in [6.45, 7) is 4.58. The highest BCUT2D eigenvalue weighted by molar-refractivity contribution is 7.91. The van der Waals surface area contributed by atoms with Crippen molar-refractivity contribution in [3.05, 3.63) is 24.3 Å². The summed E-state index contributed by atoms with van der Waals surface area (Å²) in [5.41, 5.74) is 1.08. The summed E-state index contributed by atoms with van der Waals surface area (Å²) >= 11 is 0. The highest BCUT2D eigenvalue weighted by Crippen LogP contribution is 2.10. The molecule has 0 spiro atoms. The van der Waals surface area contributed by atoms with E-state index in [1.54, 1.807) is 12.1 Å². The lowest BCUT2D eigenvalue weighted by Gasteiger charge is -2.32. The second-order valence-corrected chi connectivity index (χ2v) is 7.39. The standard InChI is InChI=1S/C13H21BN2O2S/c1-15-6-8-16(9-7-15)10-11-19(17,18)13-4-2-12(14)3-5-13/h2-5H,6-11,14H2,1H3. The average Bonchev–Trinajstić information content (AvgIpc) is 2.39. The Balaban J connectivity index is 1.92. The monoisotopic (exact) mass is 280 g/mol. The Morgan fingerprint density at radius 2 is 1.68 bits per heavy atom. The lowest BCUT2D eigenvalue weighted by Crippen LogP contribution is -2.45. The summed E-state index contributed by atoms with van der Waals surface area (Å²) in [6, 6.07) is 7.11. The number of rotatable bonds is 4. The molecular weight excluding hydrogens is 259 g/mol. The van der Waals surface area contributed by atoms with Crippen molar-refractivity contribution in [2.45, 2.75) is 4.90 Å². The third-order valence-corrected chi connectivity index (χ3v) is 5.36. The Labute approximate surface area is 116 Å².